The zero-order valence-electron chi connectivity index (χ0n) is 13.0. The molecule has 3 aliphatic carbocycles. The topological polar surface area (TPSA) is 52.6 Å². The van der Waals surface area contributed by atoms with Gasteiger partial charge in [-0.25, -0.2) is 9.59 Å². The van der Waals surface area contributed by atoms with Crippen LogP contribution in [0.15, 0.2) is 23.3 Å². The quantitative estimate of drug-likeness (QED) is 0.453. The summed E-state index contributed by atoms with van der Waals surface area (Å²) in [6.07, 6.45) is 6.09. The van der Waals surface area contributed by atoms with Gasteiger partial charge in [0.1, 0.15) is 0 Å². The van der Waals surface area contributed by atoms with Gasteiger partial charge in [0.15, 0.2) is 0 Å². The van der Waals surface area contributed by atoms with E-state index < -0.39 is 11.9 Å². The molecule has 0 aromatic heterocycles. The van der Waals surface area contributed by atoms with E-state index in [0.29, 0.717) is 28.7 Å². The van der Waals surface area contributed by atoms with Crippen LogP contribution in [0.4, 0.5) is 0 Å². The third-order valence-corrected chi connectivity index (χ3v) is 5.59. The van der Waals surface area contributed by atoms with Crippen LogP contribution in [-0.2, 0) is 19.1 Å². The minimum atomic E-state index is -0.480. The molecule has 0 amide bonds. The van der Waals surface area contributed by atoms with Crippen molar-refractivity contribution < 1.29 is 19.1 Å². The van der Waals surface area contributed by atoms with Gasteiger partial charge >= 0.3 is 11.9 Å². The van der Waals surface area contributed by atoms with Crippen LogP contribution in [0.3, 0.4) is 0 Å². The Morgan fingerprint density at radius 1 is 1.10 bits per heavy atom. The number of methoxy groups -OCH3 is 2. The Hall–Kier alpha value is -1.58. The minimum Gasteiger partial charge on any atom is -0.466 e. The van der Waals surface area contributed by atoms with Crippen LogP contribution >= 0.6 is 0 Å². The fourth-order valence-electron chi connectivity index (χ4n) is 5.09. The zero-order chi connectivity index (χ0) is 15.4. The average molecular weight is 290 g/mol. The van der Waals surface area contributed by atoms with Crippen molar-refractivity contribution in [3.63, 3.8) is 0 Å². The van der Waals surface area contributed by atoms with Crippen molar-refractivity contribution in [2.24, 2.45) is 29.1 Å². The van der Waals surface area contributed by atoms with E-state index in [0.717, 1.165) is 6.42 Å². The van der Waals surface area contributed by atoms with Crippen LogP contribution in [0.2, 0.25) is 0 Å². The van der Waals surface area contributed by atoms with Crippen molar-refractivity contribution in [1.29, 1.82) is 0 Å². The van der Waals surface area contributed by atoms with Crippen LogP contribution < -0.4 is 0 Å². The highest BCUT2D eigenvalue weighted by atomic mass is 16.5. The number of rotatable bonds is 4. The van der Waals surface area contributed by atoms with Gasteiger partial charge in [0.2, 0.25) is 0 Å². The van der Waals surface area contributed by atoms with E-state index in [2.05, 4.69) is 24.7 Å². The molecule has 2 unspecified atom stereocenters. The Bertz CT molecular complexity index is 555. The monoisotopic (exact) mass is 290 g/mol. The Labute approximate surface area is 125 Å². The molecule has 21 heavy (non-hydrogen) atoms. The normalized spacial score (nSPS) is 39.0. The summed E-state index contributed by atoms with van der Waals surface area (Å²) in [7, 11) is 2.69. The second-order valence-corrected chi connectivity index (χ2v) is 6.68. The molecule has 0 radical (unpaired) electrons. The van der Waals surface area contributed by atoms with Crippen molar-refractivity contribution >= 4 is 11.9 Å². The van der Waals surface area contributed by atoms with Gasteiger partial charge in [-0.1, -0.05) is 11.6 Å². The third kappa shape index (κ3) is 1.81. The van der Waals surface area contributed by atoms with Crippen molar-refractivity contribution in [1.82, 2.24) is 0 Å². The maximum absolute atomic E-state index is 12.1. The van der Waals surface area contributed by atoms with Gasteiger partial charge in [0.05, 0.1) is 14.2 Å². The molecule has 0 N–H and O–H groups in total. The van der Waals surface area contributed by atoms with E-state index in [9.17, 15) is 9.59 Å². The van der Waals surface area contributed by atoms with Gasteiger partial charge in [-0.05, 0) is 55.8 Å². The molecule has 3 aliphatic rings. The van der Waals surface area contributed by atoms with E-state index in [-0.39, 0.29) is 5.92 Å². The highest BCUT2D eigenvalue weighted by molar-refractivity contribution is 5.97. The summed E-state index contributed by atoms with van der Waals surface area (Å²) in [6.45, 7) is 4.25. The first-order valence-corrected chi connectivity index (χ1v) is 7.51. The van der Waals surface area contributed by atoms with Crippen molar-refractivity contribution in [2.45, 2.75) is 26.7 Å². The molecule has 0 aromatic carbocycles. The number of fused-ring (bicyclic) bond motifs is 1. The third-order valence-electron chi connectivity index (χ3n) is 5.59. The lowest BCUT2D eigenvalue weighted by molar-refractivity contribution is -0.140. The van der Waals surface area contributed by atoms with Crippen LogP contribution in [0.5, 0.6) is 0 Å². The first-order chi connectivity index (χ1) is 9.97. The summed E-state index contributed by atoms with van der Waals surface area (Å²) in [6, 6.07) is 0. The molecular weight excluding hydrogens is 268 g/mol. The number of ether oxygens (including phenoxy) is 2. The molecule has 4 nitrogen and oxygen atoms in total. The maximum Gasteiger partial charge on any atom is 0.334 e. The summed E-state index contributed by atoms with van der Waals surface area (Å²) in [5.41, 5.74) is 2.14. The Morgan fingerprint density at radius 3 is 2.29 bits per heavy atom. The second kappa shape index (κ2) is 4.72. The Balaban J connectivity index is 1.89. The van der Waals surface area contributed by atoms with Crippen molar-refractivity contribution in [2.75, 3.05) is 14.2 Å². The fourth-order valence-corrected chi connectivity index (χ4v) is 5.09. The second-order valence-electron chi connectivity index (χ2n) is 6.68. The number of carbonyl (C=O) groups excluding carboxylic acids is 2. The van der Waals surface area contributed by atoms with Gasteiger partial charge in [-0.15, -0.1) is 0 Å². The molecule has 3 saturated carbocycles. The maximum atomic E-state index is 12.1. The van der Waals surface area contributed by atoms with E-state index in [1.54, 1.807) is 0 Å². The van der Waals surface area contributed by atoms with E-state index in [1.807, 2.05) is 0 Å². The molecule has 0 bridgehead atoms. The van der Waals surface area contributed by atoms with E-state index in [1.165, 1.54) is 32.3 Å². The van der Waals surface area contributed by atoms with E-state index >= 15 is 0 Å². The molecular formula is C17H22O4. The predicted molar refractivity (Wildman–Crippen MR) is 77.2 cm³/mol. The molecule has 0 heterocycles. The summed E-state index contributed by atoms with van der Waals surface area (Å²) in [5, 5.41) is 0. The van der Waals surface area contributed by atoms with Gasteiger partial charge in [0, 0.05) is 11.6 Å². The smallest absolute Gasteiger partial charge is 0.334 e. The number of hydrogen-bond acceptors (Lipinski definition) is 4. The first kappa shape index (κ1) is 14.4. The number of carbonyl (C=O) groups is 2. The Kier molecular flexibility index (Phi) is 3.23. The van der Waals surface area contributed by atoms with Gasteiger partial charge in [-0.2, -0.15) is 0 Å². The molecule has 0 saturated heterocycles. The molecule has 114 valence electrons. The van der Waals surface area contributed by atoms with Crippen LogP contribution in [-0.4, -0.2) is 26.2 Å². The molecule has 0 spiro atoms. The minimum absolute atomic E-state index is 0.158. The first-order valence-electron chi connectivity index (χ1n) is 7.51. The highest BCUT2D eigenvalue weighted by Gasteiger charge is 2.82. The lowest BCUT2D eigenvalue weighted by Gasteiger charge is -2.43. The lowest BCUT2D eigenvalue weighted by Crippen LogP contribution is -2.41. The number of esters is 2. The average Bonchev–Trinajstić information content (AvgIpc) is 2.86. The summed E-state index contributed by atoms with van der Waals surface area (Å²) >= 11 is 0. The van der Waals surface area contributed by atoms with Gasteiger partial charge < -0.3 is 9.47 Å². The fraction of sp³-hybridized carbons (Fsp3) is 0.647. The summed E-state index contributed by atoms with van der Waals surface area (Å²) in [4.78, 5) is 23.6. The standard InChI is InChI=1S/C17H22O4/c1-9(2)8-17-11-5-6-12(17)15(17)14(11)10(16(19)21-4)7-13(18)20-3/h7-8,11-12,14-15H,5-6H2,1-4H3/b10-7-/t11-,12?,14+,15?,17+/m0/s1. The highest BCUT2D eigenvalue weighted by Crippen LogP contribution is 2.86. The number of allylic oxidation sites excluding steroid dienone is 2. The molecule has 0 aliphatic heterocycles. The Morgan fingerprint density at radius 2 is 1.76 bits per heavy atom. The van der Waals surface area contributed by atoms with Gasteiger partial charge in [0.25, 0.3) is 0 Å². The van der Waals surface area contributed by atoms with Gasteiger partial charge in [-0.3, -0.25) is 0 Å². The molecule has 3 rings (SSSR count). The SMILES string of the molecule is COC(=O)/C=C(\C(=O)OC)[C@H]1C2C3CC[C@@H]1[C@]32C=C(C)C. The largest absolute Gasteiger partial charge is 0.466 e. The predicted octanol–water partition coefficient (Wildman–Crippen LogP) is 2.50. The summed E-state index contributed by atoms with van der Waals surface area (Å²) < 4.78 is 9.55. The summed E-state index contributed by atoms with van der Waals surface area (Å²) in [5.74, 6) is 0.929. The van der Waals surface area contributed by atoms with Crippen LogP contribution in [0, 0.1) is 29.1 Å². The van der Waals surface area contributed by atoms with Crippen LogP contribution in [0.1, 0.15) is 26.7 Å². The molecule has 3 fully saturated rings. The van der Waals surface area contributed by atoms with Crippen LogP contribution in [0.25, 0.3) is 0 Å². The lowest BCUT2D eigenvalue weighted by atomic mass is 9.60. The van der Waals surface area contributed by atoms with E-state index in [4.69, 9.17) is 4.74 Å². The molecule has 5 atom stereocenters. The van der Waals surface area contributed by atoms with Crippen molar-refractivity contribution in [3.05, 3.63) is 23.3 Å². The molecule has 4 heteroatoms. The molecule has 0 aromatic rings. The van der Waals surface area contributed by atoms with Crippen molar-refractivity contribution in [3.8, 4) is 0 Å². The number of hydrogen-bond donors (Lipinski definition) is 0. The zero-order valence-corrected chi connectivity index (χ0v) is 13.0.